The van der Waals surface area contributed by atoms with E-state index >= 15 is 0 Å². The van der Waals surface area contributed by atoms with Crippen molar-refractivity contribution in [1.29, 1.82) is 0 Å². The molecule has 0 radical (unpaired) electrons. The molecule has 1 heterocycles. The lowest BCUT2D eigenvalue weighted by Crippen LogP contribution is -2.46. The van der Waals surface area contributed by atoms with Crippen LogP contribution in [0.5, 0.6) is 0 Å². The van der Waals surface area contributed by atoms with E-state index in [4.69, 9.17) is 11.5 Å². The highest BCUT2D eigenvalue weighted by Crippen LogP contribution is 2.34. The first-order valence-corrected chi connectivity index (χ1v) is 6.73. The smallest absolute Gasteiger partial charge is 0.368 e. The van der Waals surface area contributed by atoms with Crippen LogP contribution in [0.3, 0.4) is 0 Å². The van der Waals surface area contributed by atoms with Crippen molar-refractivity contribution in [3.8, 4) is 0 Å². The Morgan fingerprint density at radius 3 is 2.57 bits per heavy atom. The third-order valence-electron chi connectivity index (χ3n) is 3.82. The molecule has 1 saturated heterocycles. The maximum Gasteiger partial charge on any atom is 0.416 e. The molecule has 7 heteroatoms. The molecule has 1 fully saturated rings. The van der Waals surface area contributed by atoms with Gasteiger partial charge in [-0.15, -0.1) is 0 Å². The van der Waals surface area contributed by atoms with Gasteiger partial charge in [0.05, 0.1) is 11.1 Å². The normalized spacial score (nSPS) is 23.2. The number of primary amides is 1. The number of hydrogen-bond donors (Lipinski definition) is 2. The fourth-order valence-corrected chi connectivity index (χ4v) is 2.73. The van der Waals surface area contributed by atoms with E-state index in [1.807, 2.05) is 11.8 Å². The third-order valence-corrected chi connectivity index (χ3v) is 3.82. The predicted octanol–water partition coefficient (Wildman–Crippen LogP) is 2.12. The van der Waals surface area contributed by atoms with E-state index in [1.165, 1.54) is 6.07 Å². The van der Waals surface area contributed by atoms with Crippen molar-refractivity contribution < 1.29 is 18.0 Å². The van der Waals surface area contributed by atoms with Crippen molar-refractivity contribution in [3.63, 3.8) is 0 Å². The summed E-state index contributed by atoms with van der Waals surface area (Å²) < 4.78 is 38.3. The zero-order valence-electron chi connectivity index (χ0n) is 11.7. The molecule has 1 aliphatic rings. The molecule has 1 aromatic carbocycles. The van der Waals surface area contributed by atoms with Crippen molar-refractivity contribution >= 4 is 11.6 Å². The van der Waals surface area contributed by atoms with E-state index in [0.717, 1.165) is 25.0 Å². The Morgan fingerprint density at radius 1 is 1.38 bits per heavy atom. The minimum atomic E-state index is -4.50. The van der Waals surface area contributed by atoms with E-state index in [9.17, 15) is 18.0 Å². The highest BCUT2D eigenvalue weighted by atomic mass is 19.4. The van der Waals surface area contributed by atoms with Crippen molar-refractivity contribution in [2.24, 2.45) is 11.5 Å². The average Bonchev–Trinajstić information content (AvgIpc) is 2.37. The number of benzene rings is 1. The number of carbonyl (C=O) groups is 1. The molecule has 2 rings (SSSR count). The fourth-order valence-electron chi connectivity index (χ4n) is 2.73. The summed E-state index contributed by atoms with van der Waals surface area (Å²) in [7, 11) is 0. The SMILES string of the molecule is CC1CC(N)CCN1c1ccc(C(F)(F)F)cc1C(N)=O. The number of amides is 1. The zero-order chi connectivity index (χ0) is 15.8. The van der Waals surface area contributed by atoms with E-state index in [0.29, 0.717) is 12.2 Å². The highest BCUT2D eigenvalue weighted by molar-refractivity contribution is 5.99. The summed E-state index contributed by atoms with van der Waals surface area (Å²) in [6, 6.07) is 3.23. The molecule has 1 amide bonds. The molecule has 0 saturated carbocycles. The van der Waals surface area contributed by atoms with E-state index in [2.05, 4.69) is 0 Å². The lowest BCUT2D eigenvalue weighted by atomic mass is 9.96. The molecular weight excluding hydrogens is 283 g/mol. The number of piperidine rings is 1. The standard InChI is InChI=1S/C14H18F3N3O/c1-8-6-10(18)4-5-20(8)12-3-2-9(14(15,16)17)7-11(12)13(19)21/h2-3,7-8,10H,4-6,18H2,1H3,(H2,19,21). The van der Waals surface area contributed by atoms with Gasteiger partial charge in [-0.1, -0.05) is 0 Å². The fraction of sp³-hybridized carbons (Fsp3) is 0.500. The topological polar surface area (TPSA) is 72.3 Å². The Bertz CT molecular complexity index is 545. The molecule has 4 nitrogen and oxygen atoms in total. The van der Waals surface area contributed by atoms with Crippen molar-refractivity contribution in [1.82, 2.24) is 0 Å². The van der Waals surface area contributed by atoms with Crippen LogP contribution >= 0.6 is 0 Å². The summed E-state index contributed by atoms with van der Waals surface area (Å²) in [4.78, 5) is 13.4. The van der Waals surface area contributed by atoms with Crippen LogP contribution in [0.4, 0.5) is 18.9 Å². The van der Waals surface area contributed by atoms with Crippen LogP contribution in [-0.2, 0) is 6.18 Å². The summed E-state index contributed by atoms with van der Waals surface area (Å²) >= 11 is 0. The number of hydrogen-bond acceptors (Lipinski definition) is 3. The van der Waals surface area contributed by atoms with Gasteiger partial charge in [0.25, 0.3) is 5.91 Å². The van der Waals surface area contributed by atoms with E-state index < -0.39 is 17.6 Å². The summed E-state index contributed by atoms with van der Waals surface area (Å²) in [5.41, 5.74) is 10.6. The molecule has 116 valence electrons. The van der Waals surface area contributed by atoms with Gasteiger partial charge in [0.1, 0.15) is 0 Å². The second-order valence-electron chi connectivity index (χ2n) is 5.42. The molecule has 0 bridgehead atoms. The van der Waals surface area contributed by atoms with Crippen LogP contribution < -0.4 is 16.4 Å². The van der Waals surface area contributed by atoms with Crippen LogP contribution in [0.15, 0.2) is 18.2 Å². The Morgan fingerprint density at radius 2 is 2.05 bits per heavy atom. The molecule has 21 heavy (non-hydrogen) atoms. The van der Waals surface area contributed by atoms with Crippen molar-refractivity contribution in [3.05, 3.63) is 29.3 Å². The first-order chi connectivity index (χ1) is 9.70. The molecular formula is C14H18F3N3O. The number of rotatable bonds is 2. The summed E-state index contributed by atoms with van der Waals surface area (Å²) in [6.45, 7) is 2.52. The van der Waals surface area contributed by atoms with E-state index in [-0.39, 0.29) is 17.6 Å². The molecule has 2 unspecified atom stereocenters. The second-order valence-corrected chi connectivity index (χ2v) is 5.42. The molecule has 0 aromatic heterocycles. The van der Waals surface area contributed by atoms with Crippen molar-refractivity contribution in [2.75, 3.05) is 11.4 Å². The molecule has 0 aliphatic carbocycles. The first-order valence-electron chi connectivity index (χ1n) is 6.73. The molecule has 0 spiro atoms. The average molecular weight is 301 g/mol. The summed E-state index contributed by atoms with van der Waals surface area (Å²) in [5.74, 6) is -0.863. The van der Waals surface area contributed by atoms with Gasteiger partial charge in [-0.2, -0.15) is 13.2 Å². The van der Waals surface area contributed by atoms with Crippen molar-refractivity contribution in [2.45, 2.75) is 38.0 Å². The quantitative estimate of drug-likeness (QED) is 0.879. The lowest BCUT2D eigenvalue weighted by molar-refractivity contribution is -0.137. The Labute approximate surface area is 120 Å². The van der Waals surface area contributed by atoms with Crippen LogP contribution in [0.1, 0.15) is 35.7 Å². The number of anilines is 1. The predicted molar refractivity (Wildman–Crippen MR) is 74.0 cm³/mol. The number of carbonyl (C=O) groups excluding carboxylic acids is 1. The highest BCUT2D eigenvalue weighted by Gasteiger charge is 2.33. The molecule has 4 N–H and O–H groups in total. The van der Waals surface area contributed by atoms with Gasteiger partial charge in [-0.05, 0) is 38.0 Å². The summed E-state index contributed by atoms with van der Waals surface area (Å²) in [6.07, 6.45) is -3.05. The van der Waals surface area contributed by atoms with Crippen LogP contribution in [0.2, 0.25) is 0 Å². The Kier molecular flexibility index (Phi) is 4.13. The largest absolute Gasteiger partial charge is 0.416 e. The first kappa shape index (κ1) is 15.6. The van der Waals surface area contributed by atoms with Gasteiger partial charge >= 0.3 is 6.18 Å². The number of nitrogens with two attached hydrogens (primary N) is 2. The minimum absolute atomic E-state index is 0.0450. The van der Waals surface area contributed by atoms with Crippen LogP contribution in [0, 0.1) is 0 Å². The van der Waals surface area contributed by atoms with E-state index in [1.54, 1.807) is 0 Å². The number of alkyl halides is 3. The van der Waals surface area contributed by atoms with Gasteiger partial charge in [0, 0.05) is 24.3 Å². The van der Waals surface area contributed by atoms with Crippen LogP contribution in [-0.4, -0.2) is 24.5 Å². The van der Waals surface area contributed by atoms with Gasteiger partial charge in [-0.3, -0.25) is 4.79 Å². The van der Waals surface area contributed by atoms with Gasteiger partial charge in [0.2, 0.25) is 0 Å². The maximum atomic E-state index is 12.8. The Balaban J connectivity index is 2.42. The molecule has 1 aliphatic heterocycles. The van der Waals surface area contributed by atoms with Gasteiger partial charge in [0.15, 0.2) is 0 Å². The lowest BCUT2D eigenvalue weighted by Gasteiger charge is -2.39. The molecule has 2 atom stereocenters. The van der Waals surface area contributed by atoms with Gasteiger partial charge in [-0.25, -0.2) is 0 Å². The minimum Gasteiger partial charge on any atom is -0.368 e. The van der Waals surface area contributed by atoms with Crippen LogP contribution in [0.25, 0.3) is 0 Å². The monoisotopic (exact) mass is 301 g/mol. The maximum absolute atomic E-state index is 12.8. The number of nitrogens with zero attached hydrogens (tertiary/aromatic N) is 1. The Hall–Kier alpha value is -1.76. The molecule has 1 aromatic rings. The van der Waals surface area contributed by atoms with Gasteiger partial charge < -0.3 is 16.4 Å². The summed E-state index contributed by atoms with van der Waals surface area (Å²) in [5, 5.41) is 0. The third kappa shape index (κ3) is 3.29. The second kappa shape index (κ2) is 5.55. The zero-order valence-corrected chi connectivity index (χ0v) is 11.7. The number of halogens is 3.